The van der Waals surface area contributed by atoms with Gasteiger partial charge in [0.25, 0.3) is 0 Å². The minimum atomic E-state index is -0.0725. The van der Waals surface area contributed by atoms with E-state index in [0.717, 1.165) is 24.1 Å². The van der Waals surface area contributed by atoms with Crippen LogP contribution in [0, 0.1) is 6.92 Å². The molecular weight excluding hydrogens is 204 g/mol. The first-order valence-electron chi connectivity index (χ1n) is 5.54. The topological polar surface area (TPSA) is 73.1 Å². The number of methoxy groups -OCH3 is 1. The monoisotopic (exact) mass is 224 g/mol. The fraction of sp³-hybridized carbons (Fsp3) is 0.636. The van der Waals surface area contributed by atoms with Crippen molar-refractivity contribution in [2.24, 2.45) is 5.84 Å². The lowest BCUT2D eigenvalue weighted by Crippen LogP contribution is -2.16. The first kappa shape index (κ1) is 12.9. The van der Waals surface area contributed by atoms with Crippen LogP contribution in [-0.2, 0) is 11.2 Å². The van der Waals surface area contributed by atoms with Gasteiger partial charge in [-0.2, -0.15) is 0 Å². The van der Waals surface area contributed by atoms with Gasteiger partial charge in [0.1, 0.15) is 11.9 Å². The zero-order valence-corrected chi connectivity index (χ0v) is 10.4. The number of aryl methyl sites for hydroxylation is 1. The summed E-state index contributed by atoms with van der Waals surface area (Å²) in [6, 6.07) is 0. The normalized spacial score (nSPS) is 12.6. The second-order valence-electron chi connectivity index (χ2n) is 3.62. The molecule has 0 aliphatic heterocycles. The van der Waals surface area contributed by atoms with Crippen LogP contribution in [0.15, 0.2) is 0 Å². The Hall–Kier alpha value is -1.20. The Morgan fingerprint density at radius 1 is 1.38 bits per heavy atom. The van der Waals surface area contributed by atoms with Crippen molar-refractivity contribution >= 4 is 5.82 Å². The first-order valence-corrected chi connectivity index (χ1v) is 5.54. The third kappa shape index (κ3) is 2.48. The minimum Gasteiger partial charge on any atom is -0.373 e. The molecule has 16 heavy (non-hydrogen) atoms. The van der Waals surface area contributed by atoms with Gasteiger partial charge in [-0.3, -0.25) is 0 Å². The molecule has 0 aromatic carbocycles. The molecule has 0 radical (unpaired) electrons. The number of hydrogen-bond donors (Lipinski definition) is 2. The van der Waals surface area contributed by atoms with E-state index in [1.807, 2.05) is 13.8 Å². The second kappa shape index (κ2) is 5.77. The Morgan fingerprint density at radius 3 is 2.50 bits per heavy atom. The van der Waals surface area contributed by atoms with E-state index in [-0.39, 0.29) is 6.10 Å². The highest BCUT2D eigenvalue weighted by molar-refractivity contribution is 5.45. The zero-order valence-electron chi connectivity index (χ0n) is 10.4. The fourth-order valence-electron chi connectivity index (χ4n) is 1.76. The molecule has 3 N–H and O–H groups in total. The maximum absolute atomic E-state index is 5.47. The molecule has 1 unspecified atom stereocenters. The first-order chi connectivity index (χ1) is 7.67. The lowest BCUT2D eigenvalue weighted by Gasteiger charge is -2.16. The average Bonchev–Trinajstić information content (AvgIpc) is 2.29. The second-order valence-corrected chi connectivity index (χ2v) is 3.62. The molecule has 5 heteroatoms. The third-order valence-corrected chi connectivity index (χ3v) is 2.66. The van der Waals surface area contributed by atoms with Gasteiger partial charge in [-0.05, 0) is 19.8 Å². The summed E-state index contributed by atoms with van der Waals surface area (Å²) < 4.78 is 5.32. The van der Waals surface area contributed by atoms with Gasteiger partial charge in [-0.1, -0.05) is 13.8 Å². The van der Waals surface area contributed by atoms with Gasteiger partial charge in [-0.15, -0.1) is 0 Å². The number of rotatable bonds is 5. The van der Waals surface area contributed by atoms with Crippen LogP contribution in [0.3, 0.4) is 0 Å². The number of hydrazine groups is 1. The van der Waals surface area contributed by atoms with Crippen LogP contribution in [0.2, 0.25) is 0 Å². The summed E-state index contributed by atoms with van der Waals surface area (Å²) in [6.07, 6.45) is 1.62. The van der Waals surface area contributed by atoms with Crippen LogP contribution < -0.4 is 11.3 Å². The number of ether oxygens (including phenoxy) is 1. The van der Waals surface area contributed by atoms with Crippen LogP contribution in [-0.4, -0.2) is 17.1 Å². The number of hydrogen-bond acceptors (Lipinski definition) is 5. The fourth-order valence-corrected chi connectivity index (χ4v) is 1.76. The predicted molar refractivity (Wildman–Crippen MR) is 64.0 cm³/mol. The number of nitrogens with two attached hydrogens (primary N) is 1. The number of nitrogen functional groups attached to an aromatic ring is 1. The highest BCUT2D eigenvalue weighted by Gasteiger charge is 2.15. The van der Waals surface area contributed by atoms with Gasteiger partial charge in [0.2, 0.25) is 0 Å². The summed E-state index contributed by atoms with van der Waals surface area (Å²) in [5.41, 5.74) is 4.63. The molecular formula is C11H20N4O. The molecule has 1 rings (SSSR count). The van der Waals surface area contributed by atoms with Gasteiger partial charge in [0.05, 0.1) is 0 Å². The number of aromatic nitrogens is 2. The molecule has 0 fully saturated rings. The summed E-state index contributed by atoms with van der Waals surface area (Å²) in [4.78, 5) is 8.86. The van der Waals surface area contributed by atoms with Gasteiger partial charge in [0, 0.05) is 18.4 Å². The molecule has 1 atom stereocenters. The highest BCUT2D eigenvalue weighted by Crippen LogP contribution is 2.22. The van der Waals surface area contributed by atoms with Crippen molar-refractivity contribution in [1.82, 2.24) is 9.97 Å². The molecule has 90 valence electrons. The molecule has 1 aromatic heterocycles. The molecule has 0 aliphatic rings. The van der Waals surface area contributed by atoms with Crippen molar-refractivity contribution in [3.05, 3.63) is 17.1 Å². The van der Waals surface area contributed by atoms with E-state index < -0.39 is 0 Å². The number of anilines is 1. The predicted octanol–water partition coefficient (Wildman–Crippen LogP) is 1.73. The van der Waals surface area contributed by atoms with Crippen molar-refractivity contribution in [3.63, 3.8) is 0 Å². The summed E-state index contributed by atoms with van der Waals surface area (Å²) in [7, 11) is 1.66. The zero-order chi connectivity index (χ0) is 12.1. The summed E-state index contributed by atoms with van der Waals surface area (Å²) in [5.74, 6) is 6.85. The quantitative estimate of drug-likeness (QED) is 0.588. The van der Waals surface area contributed by atoms with Gasteiger partial charge < -0.3 is 10.2 Å². The maximum Gasteiger partial charge on any atom is 0.159 e. The molecule has 0 spiro atoms. The smallest absolute Gasteiger partial charge is 0.159 e. The molecule has 0 bridgehead atoms. The SMILES string of the molecule is CCc1c(C)nc(C(CC)OC)nc1NN. The van der Waals surface area contributed by atoms with Crippen molar-refractivity contribution in [1.29, 1.82) is 0 Å². The third-order valence-electron chi connectivity index (χ3n) is 2.66. The molecule has 1 heterocycles. The number of nitrogens with zero attached hydrogens (tertiary/aromatic N) is 2. The molecule has 1 aromatic rings. The summed E-state index contributed by atoms with van der Waals surface area (Å²) in [6.45, 7) is 6.06. The van der Waals surface area contributed by atoms with Crippen LogP contribution in [0.25, 0.3) is 0 Å². The lowest BCUT2D eigenvalue weighted by molar-refractivity contribution is 0.0925. The van der Waals surface area contributed by atoms with Crippen molar-refractivity contribution < 1.29 is 4.74 Å². The Kier molecular flexibility index (Phi) is 4.64. The van der Waals surface area contributed by atoms with Gasteiger partial charge >= 0.3 is 0 Å². The molecule has 0 saturated heterocycles. The van der Waals surface area contributed by atoms with E-state index in [1.165, 1.54) is 0 Å². The van der Waals surface area contributed by atoms with Crippen molar-refractivity contribution in [2.45, 2.75) is 39.7 Å². The number of nitrogens with one attached hydrogen (secondary N) is 1. The van der Waals surface area contributed by atoms with E-state index in [9.17, 15) is 0 Å². The van der Waals surface area contributed by atoms with Crippen LogP contribution in [0.5, 0.6) is 0 Å². The maximum atomic E-state index is 5.47. The van der Waals surface area contributed by atoms with Gasteiger partial charge in [0.15, 0.2) is 5.82 Å². The Bertz CT molecular complexity index is 350. The lowest BCUT2D eigenvalue weighted by atomic mass is 10.1. The molecule has 5 nitrogen and oxygen atoms in total. The average molecular weight is 224 g/mol. The van der Waals surface area contributed by atoms with Crippen LogP contribution in [0.1, 0.15) is 43.5 Å². The highest BCUT2D eigenvalue weighted by atomic mass is 16.5. The molecule has 0 saturated carbocycles. The van der Waals surface area contributed by atoms with E-state index in [4.69, 9.17) is 10.6 Å². The van der Waals surface area contributed by atoms with E-state index in [2.05, 4.69) is 22.3 Å². The van der Waals surface area contributed by atoms with Crippen LogP contribution in [0.4, 0.5) is 5.82 Å². The minimum absolute atomic E-state index is 0.0725. The van der Waals surface area contributed by atoms with E-state index in [0.29, 0.717) is 11.6 Å². The van der Waals surface area contributed by atoms with Gasteiger partial charge in [-0.25, -0.2) is 15.8 Å². The Morgan fingerprint density at radius 2 is 2.06 bits per heavy atom. The molecule has 0 amide bonds. The summed E-state index contributed by atoms with van der Waals surface area (Å²) >= 11 is 0. The Labute approximate surface area is 96.4 Å². The van der Waals surface area contributed by atoms with Crippen molar-refractivity contribution in [3.8, 4) is 0 Å². The van der Waals surface area contributed by atoms with E-state index >= 15 is 0 Å². The van der Waals surface area contributed by atoms with Crippen LogP contribution >= 0.6 is 0 Å². The van der Waals surface area contributed by atoms with Crippen molar-refractivity contribution in [2.75, 3.05) is 12.5 Å². The Balaban J connectivity index is 3.19. The standard InChI is InChI=1S/C11H20N4O/c1-5-8-7(3)13-11(9(6-2)16-4)14-10(8)15-12/h9H,5-6,12H2,1-4H3,(H,13,14,15). The molecule has 0 aliphatic carbocycles. The largest absolute Gasteiger partial charge is 0.373 e. The summed E-state index contributed by atoms with van der Waals surface area (Å²) in [5, 5.41) is 0. The van der Waals surface area contributed by atoms with E-state index in [1.54, 1.807) is 7.11 Å².